The van der Waals surface area contributed by atoms with Gasteiger partial charge in [-0.2, -0.15) is 21.9 Å². The minimum Gasteiger partial charge on any atom is -0.483 e. The summed E-state index contributed by atoms with van der Waals surface area (Å²) in [6.07, 6.45) is -4.85. The third-order valence-electron chi connectivity index (χ3n) is 3.60. The summed E-state index contributed by atoms with van der Waals surface area (Å²) < 4.78 is 103. The van der Waals surface area contributed by atoms with Crippen molar-refractivity contribution < 1.29 is 35.5 Å². The van der Waals surface area contributed by atoms with Crippen LogP contribution in [0.4, 0.5) is 30.7 Å². The largest absolute Gasteiger partial charge is 0.483 e. The molecule has 0 amide bonds. The average molecular weight is 442 g/mol. The van der Waals surface area contributed by atoms with Gasteiger partial charge < -0.3 is 4.74 Å². The zero-order chi connectivity index (χ0) is 20.6. The van der Waals surface area contributed by atoms with E-state index in [1.165, 1.54) is 6.07 Å². The molecule has 0 aliphatic rings. The normalized spacial score (nSPS) is 11.7. The molecule has 0 aliphatic carbocycles. The van der Waals surface area contributed by atoms with E-state index >= 15 is 0 Å². The van der Waals surface area contributed by atoms with Gasteiger partial charge in [-0.25, -0.2) is 13.2 Å². The van der Waals surface area contributed by atoms with Crippen LogP contribution < -0.4 is 4.74 Å². The number of hydrogen-bond donors (Lipinski definition) is 0. The summed E-state index contributed by atoms with van der Waals surface area (Å²) in [6, 6.07) is 4.29. The lowest BCUT2D eigenvalue weighted by Gasteiger charge is -2.12. The number of halogens is 8. The first kappa shape index (κ1) is 20.4. The van der Waals surface area contributed by atoms with Gasteiger partial charge in [-0.05, 0) is 35.8 Å². The number of ether oxygens (including phenoxy) is 1. The smallest absolute Gasteiger partial charge is 0.427 e. The molecule has 0 radical (unpaired) electrons. The molecule has 0 spiro atoms. The molecule has 1 aromatic heterocycles. The molecule has 11 heteroatoms. The number of nitrogens with zero attached hydrogens (tertiary/aromatic N) is 1. The van der Waals surface area contributed by atoms with Crippen molar-refractivity contribution in [1.29, 1.82) is 0 Å². The van der Waals surface area contributed by atoms with Crippen molar-refractivity contribution in [3.63, 3.8) is 0 Å². The van der Waals surface area contributed by atoms with Crippen molar-refractivity contribution in [3.8, 4) is 17.0 Å². The van der Waals surface area contributed by atoms with Gasteiger partial charge >= 0.3 is 6.18 Å². The van der Waals surface area contributed by atoms with Crippen LogP contribution >= 0.6 is 23.1 Å². The highest BCUT2D eigenvalue weighted by Gasteiger charge is 2.38. The van der Waals surface area contributed by atoms with E-state index in [0.717, 1.165) is 12.1 Å². The molecule has 0 atom stereocenters. The number of benzene rings is 2. The molecular weight excluding hydrogens is 435 g/mol. The summed E-state index contributed by atoms with van der Waals surface area (Å²) in [5, 5.41) is -0.253. The number of alkyl halides is 3. The molecule has 148 valence electrons. The van der Waals surface area contributed by atoms with Crippen LogP contribution in [-0.2, 0) is 12.8 Å². The molecule has 0 N–H and O–H groups in total. The van der Waals surface area contributed by atoms with E-state index in [-0.39, 0.29) is 27.8 Å². The standard InChI is InChI=1S/C17H7ClF7NOS/c18-9-2-1-7(5-12(9)21)14-8(16(28-26-14)17(23,24)25)6-27-15-11(20)4-3-10(19)13(15)22/h1-5H,6H2. The van der Waals surface area contributed by atoms with Crippen molar-refractivity contribution in [2.75, 3.05) is 0 Å². The fraction of sp³-hybridized carbons (Fsp3) is 0.118. The molecule has 1 heterocycles. The molecule has 2 nitrogen and oxygen atoms in total. The first-order valence-corrected chi connectivity index (χ1v) is 8.52. The molecule has 3 aromatic rings. The highest BCUT2D eigenvalue weighted by atomic mass is 35.5. The lowest BCUT2D eigenvalue weighted by molar-refractivity contribution is -0.135. The summed E-state index contributed by atoms with van der Waals surface area (Å²) in [5.74, 6) is -6.48. The third-order valence-corrected chi connectivity index (χ3v) is 4.84. The Labute approximate surface area is 162 Å². The molecule has 0 fully saturated rings. The van der Waals surface area contributed by atoms with Crippen LogP contribution in [0, 0.1) is 23.3 Å². The second-order valence-corrected chi connectivity index (χ2v) is 6.61. The van der Waals surface area contributed by atoms with Crippen molar-refractivity contribution in [1.82, 2.24) is 4.37 Å². The Bertz CT molecular complexity index is 1040. The molecule has 28 heavy (non-hydrogen) atoms. The molecule has 0 unspecified atom stereocenters. The predicted molar refractivity (Wildman–Crippen MR) is 88.2 cm³/mol. The summed E-state index contributed by atoms with van der Waals surface area (Å²) in [6.45, 7) is -0.984. The topological polar surface area (TPSA) is 22.1 Å². The molecule has 0 bridgehead atoms. The number of hydrogen-bond acceptors (Lipinski definition) is 3. The molecule has 0 saturated carbocycles. The van der Waals surface area contributed by atoms with Crippen molar-refractivity contribution in [2.24, 2.45) is 0 Å². The zero-order valence-corrected chi connectivity index (χ0v) is 15.0. The summed E-state index contributed by atoms with van der Waals surface area (Å²) >= 11 is 5.62. The molecule has 2 aromatic carbocycles. The summed E-state index contributed by atoms with van der Waals surface area (Å²) in [7, 11) is 0. The zero-order valence-electron chi connectivity index (χ0n) is 13.4. The Kier molecular flexibility index (Phi) is 5.53. The van der Waals surface area contributed by atoms with Gasteiger partial charge in [0.1, 0.15) is 17.3 Å². The van der Waals surface area contributed by atoms with Gasteiger partial charge in [-0.3, -0.25) is 0 Å². The maximum Gasteiger partial charge on any atom is 0.427 e. The van der Waals surface area contributed by atoms with E-state index in [4.69, 9.17) is 16.3 Å². The van der Waals surface area contributed by atoms with Gasteiger partial charge in [-0.1, -0.05) is 17.7 Å². The second kappa shape index (κ2) is 7.59. The second-order valence-electron chi connectivity index (χ2n) is 5.43. The average Bonchev–Trinajstić information content (AvgIpc) is 3.05. The Morgan fingerprint density at radius 1 is 0.964 bits per heavy atom. The Morgan fingerprint density at radius 3 is 2.29 bits per heavy atom. The van der Waals surface area contributed by atoms with Gasteiger partial charge in [0, 0.05) is 11.1 Å². The van der Waals surface area contributed by atoms with Gasteiger partial charge in [0.15, 0.2) is 17.4 Å². The highest BCUT2D eigenvalue weighted by Crippen LogP contribution is 2.41. The first-order valence-electron chi connectivity index (χ1n) is 7.37. The van der Waals surface area contributed by atoms with Gasteiger partial charge in [-0.15, -0.1) is 0 Å². The van der Waals surface area contributed by atoms with E-state index in [1.807, 2.05) is 0 Å². The fourth-order valence-corrected chi connectivity index (χ4v) is 3.21. The first-order chi connectivity index (χ1) is 13.1. The van der Waals surface area contributed by atoms with Crippen molar-refractivity contribution in [3.05, 3.63) is 69.1 Å². The molecule has 0 saturated heterocycles. The Morgan fingerprint density at radius 2 is 1.64 bits per heavy atom. The van der Waals surface area contributed by atoms with E-state index in [9.17, 15) is 30.7 Å². The van der Waals surface area contributed by atoms with Gasteiger partial charge in [0.05, 0.1) is 10.7 Å². The molecule has 0 aliphatic heterocycles. The van der Waals surface area contributed by atoms with E-state index < -0.39 is 52.2 Å². The van der Waals surface area contributed by atoms with E-state index in [1.54, 1.807) is 0 Å². The van der Waals surface area contributed by atoms with Crippen LogP contribution in [0.15, 0.2) is 30.3 Å². The summed E-state index contributed by atoms with van der Waals surface area (Å²) in [5.41, 5.74) is -0.931. The molecular formula is C17H7ClF7NOS. The number of aromatic nitrogens is 1. The van der Waals surface area contributed by atoms with Gasteiger partial charge in [0.25, 0.3) is 0 Å². The van der Waals surface area contributed by atoms with Crippen LogP contribution in [0.25, 0.3) is 11.3 Å². The van der Waals surface area contributed by atoms with Crippen molar-refractivity contribution >= 4 is 23.1 Å². The maximum atomic E-state index is 13.7. The van der Waals surface area contributed by atoms with Crippen LogP contribution in [0.3, 0.4) is 0 Å². The Balaban J connectivity index is 2.05. The van der Waals surface area contributed by atoms with Crippen LogP contribution in [0.5, 0.6) is 5.75 Å². The Hall–Kier alpha value is -2.33. The fourth-order valence-electron chi connectivity index (χ4n) is 2.32. The van der Waals surface area contributed by atoms with Crippen LogP contribution in [0.2, 0.25) is 5.02 Å². The van der Waals surface area contributed by atoms with Crippen LogP contribution in [0.1, 0.15) is 10.4 Å². The summed E-state index contributed by atoms with van der Waals surface area (Å²) in [4.78, 5) is -1.20. The SMILES string of the molecule is Fc1cc(-c2nsc(C(F)(F)F)c2COc2c(F)ccc(F)c2F)ccc1Cl. The van der Waals surface area contributed by atoms with E-state index in [0.29, 0.717) is 12.1 Å². The minimum atomic E-state index is -4.85. The highest BCUT2D eigenvalue weighted by molar-refractivity contribution is 7.06. The third kappa shape index (κ3) is 3.93. The molecule has 3 rings (SSSR count). The van der Waals surface area contributed by atoms with E-state index in [2.05, 4.69) is 4.37 Å². The van der Waals surface area contributed by atoms with Gasteiger partial charge in [0.2, 0.25) is 5.82 Å². The maximum absolute atomic E-state index is 13.7. The lowest BCUT2D eigenvalue weighted by Crippen LogP contribution is -2.09. The monoisotopic (exact) mass is 441 g/mol. The lowest BCUT2D eigenvalue weighted by atomic mass is 10.1. The predicted octanol–water partition coefficient (Wildman–Crippen LogP) is 6.62. The minimum absolute atomic E-state index is 0.0487. The quantitative estimate of drug-likeness (QED) is 0.335. The number of rotatable bonds is 4. The van der Waals surface area contributed by atoms with Crippen molar-refractivity contribution in [2.45, 2.75) is 12.8 Å². The van der Waals surface area contributed by atoms with Crippen LogP contribution in [-0.4, -0.2) is 4.37 Å².